The summed E-state index contributed by atoms with van der Waals surface area (Å²) in [6, 6.07) is 7.98. The summed E-state index contributed by atoms with van der Waals surface area (Å²) in [5.74, 6) is -5.56. The highest BCUT2D eigenvalue weighted by atomic mass is 16.8. The molecule has 28 heteroatoms. The van der Waals surface area contributed by atoms with Gasteiger partial charge in [-0.05, 0) is 137 Å². The van der Waals surface area contributed by atoms with Crippen molar-refractivity contribution in [3.05, 3.63) is 154 Å². The Balaban J connectivity index is 0.558. The van der Waals surface area contributed by atoms with Crippen molar-refractivity contribution in [3.63, 3.8) is 0 Å². The molecule has 1 aromatic rings. The second kappa shape index (κ2) is 43.1. The molecule has 734 valence electrons. The van der Waals surface area contributed by atoms with E-state index in [1.54, 1.807) is 66.6 Å². The minimum absolute atomic E-state index is 0.00438. The number of hydrogen-bond donors (Lipinski definition) is 6. The largest absolute Gasteiger partial charge is 0.462 e. The standard InChI is InChI=1S/C104H152N2O26/c1-21-55(3)93-61(9)37-39-101(131-93)49-75-43-73(129-101)35-33-59(7)91(57(5)27-25-31-71-53-117-97-89(107)63(11)41-77(99(109)123-75)103(71,97)111)125-85-47-81(115-19)95(67(15)121-85)127-83-45-79(113-17)87(65(13)119-83)105-51-69-29-23-24-30-70(69)52-106-88-66(14)120-84(46-80(88)114-18)128-96-68(16)122-86(48-82(96)116-20)126-92-58(6)28-26-32-72-54-118-98-90(108)64(12)42-78(104(72,98)112)100(110)124-76-44-74(36-34-60(92)8)130-102(50-76)40-38-62(10)94(132-102)56(4)22-2/h23-34,37-42,55-58,61-62,65-68,73-98,105-108,111-112H,21-22,35-36,43-54H2,1-20H3/b27-25+,28-26+,59-33+,60-34+,71-31+,72-32+/t55?,56?,57-,58-,61-,62-,65-,66-,67-,68-,73+,74+,75-,76-,77-,78-,79-,80-,81-,82-,83-,84-,85-,86-,87+,88+,89+,90+,91-,92-,93+,94+,95-,96-,97+,98+,101+,102+,103+,104+/m0/s1. The number of fused-ring (bicyclic) bond motifs is 4. The van der Waals surface area contributed by atoms with Crippen LogP contribution in [0.25, 0.3) is 0 Å². The lowest BCUT2D eigenvalue weighted by atomic mass is 9.71. The van der Waals surface area contributed by atoms with Crippen molar-refractivity contribution in [1.29, 1.82) is 0 Å². The first-order valence-corrected chi connectivity index (χ1v) is 49.0. The van der Waals surface area contributed by atoms with Gasteiger partial charge in [-0.2, -0.15) is 0 Å². The number of aliphatic hydroxyl groups excluding tert-OH is 2. The number of carbonyl (C=O) groups is 2. The number of nitrogens with one attached hydrogen (secondary N) is 2. The van der Waals surface area contributed by atoms with Gasteiger partial charge in [-0.3, -0.25) is 9.59 Å². The third-order valence-corrected chi connectivity index (χ3v) is 31.3. The van der Waals surface area contributed by atoms with Crippen LogP contribution in [0.5, 0.6) is 0 Å². The fourth-order valence-corrected chi connectivity index (χ4v) is 23.1. The van der Waals surface area contributed by atoms with Gasteiger partial charge in [0.15, 0.2) is 36.7 Å². The fourth-order valence-electron chi connectivity index (χ4n) is 23.1. The molecule has 2 unspecified atom stereocenters. The maximum Gasteiger partial charge on any atom is 0.316 e. The Hall–Kier alpha value is -5.40. The Bertz CT molecular complexity index is 4160. The number of methoxy groups -OCH3 is 4. The summed E-state index contributed by atoms with van der Waals surface area (Å²) in [5.41, 5.74) is 2.29. The van der Waals surface area contributed by atoms with E-state index in [1.807, 2.05) is 64.2 Å². The van der Waals surface area contributed by atoms with Crippen molar-refractivity contribution >= 4 is 11.9 Å². The lowest BCUT2D eigenvalue weighted by Crippen LogP contribution is -2.58. The highest BCUT2D eigenvalue weighted by Crippen LogP contribution is 2.51. The minimum Gasteiger partial charge on any atom is -0.462 e. The van der Waals surface area contributed by atoms with Gasteiger partial charge in [-0.1, -0.05) is 165 Å². The monoisotopic (exact) mass is 1850 g/mol. The number of hydrogen-bond acceptors (Lipinski definition) is 28. The van der Waals surface area contributed by atoms with E-state index in [1.165, 1.54) is 0 Å². The SMILES string of the molecule is CCC(C)[C@H]1O[C@]2(C=C[C@@H]1C)C[C@@H]1C[C@@H](C/C=C(\C)[C@@H](O[C@H]3C[C@H](OC)[C@@H](O[C@H]4C[C@H](OC)[C@H](NCc5ccccc5CN[C@@H]5[C@H](C)O[C@@H](O[C@H]6[C@H](C)O[C@@H](O[C@@H]7/C(C)=C/C[C@@H]8C[C@@H](C[C@]9(C=C[C@H](C)[C@@H](C(C)CC)O9)O8)OC(=O)[C@@H]8C=C(C)[C@@H](O)[C@H]9OC/C(=C\C=C\[C@@H]7C)[C@]98O)C[C@@H]6OC)C[C@@H]5OC)[C@H](C)O4)[C@H](C)O3)[C@@H](C)/C=C/C=C3\CO[C@@H]4[C@H](O)C(C)=C[C@@H](C(=O)O1)[C@]34O)O2. The van der Waals surface area contributed by atoms with Crippen LogP contribution >= 0.6 is 0 Å². The molecule has 6 N–H and O–H groups in total. The van der Waals surface area contributed by atoms with Gasteiger partial charge < -0.3 is 126 Å². The predicted molar refractivity (Wildman–Crippen MR) is 490 cm³/mol. The molecular formula is C104H152N2O26. The van der Waals surface area contributed by atoms with Gasteiger partial charge in [-0.15, -0.1) is 0 Å². The molecule has 0 radical (unpaired) electrons. The summed E-state index contributed by atoms with van der Waals surface area (Å²) >= 11 is 0. The highest BCUT2D eigenvalue weighted by molar-refractivity contribution is 5.79. The summed E-state index contributed by atoms with van der Waals surface area (Å²) in [5, 5.41) is 56.1. The molecule has 8 saturated heterocycles. The second-order valence-corrected chi connectivity index (χ2v) is 40.5. The summed E-state index contributed by atoms with van der Waals surface area (Å²) in [7, 11) is 6.82. The number of carbonyl (C=O) groups excluding carboxylic acids is 2. The minimum atomic E-state index is -1.88. The number of esters is 2. The normalized spacial score (nSPS) is 47.0. The Morgan fingerprint density at radius 3 is 1.21 bits per heavy atom. The third kappa shape index (κ3) is 21.5. The maximum atomic E-state index is 14.6. The summed E-state index contributed by atoms with van der Waals surface area (Å²) < 4.78 is 134. The molecule has 2 aliphatic carbocycles. The van der Waals surface area contributed by atoms with Crippen LogP contribution in [0.1, 0.15) is 199 Å². The zero-order valence-electron chi connectivity index (χ0n) is 81.3. The van der Waals surface area contributed by atoms with Gasteiger partial charge >= 0.3 is 11.9 Å². The van der Waals surface area contributed by atoms with Crippen molar-refractivity contribution in [2.75, 3.05) is 41.7 Å². The summed E-state index contributed by atoms with van der Waals surface area (Å²) in [6.45, 7) is 33.9. The van der Waals surface area contributed by atoms with Crippen molar-refractivity contribution in [1.82, 2.24) is 10.6 Å². The van der Waals surface area contributed by atoms with E-state index in [2.05, 4.69) is 128 Å². The molecular weight excluding hydrogens is 1690 g/mol. The lowest BCUT2D eigenvalue weighted by molar-refractivity contribution is -0.312. The van der Waals surface area contributed by atoms with E-state index >= 15 is 0 Å². The summed E-state index contributed by atoms with van der Waals surface area (Å²) in [6.07, 6.45) is 18.1. The quantitative estimate of drug-likeness (QED) is 0.0464. The van der Waals surface area contributed by atoms with Gasteiger partial charge in [0.1, 0.15) is 71.9 Å². The fraction of sp³-hybridized carbons (Fsp3) is 0.731. The zero-order valence-corrected chi connectivity index (χ0v) is 81.3. The van der Waals surface area contributed by atoms with Crippen molar-refractivity contribution in [2.24, 2.45) is 47.3 Å². The molecule has 1 aromatic carbocycles. The molecule has 14 aliphatic rings. The molecule has 0 aromatic heterocycles. The van der Waals surface area contributed by atoms with E-state index in [9.17, 15) is 30.0 Å². The van der Waals surface area contributed by atoms with Crippen LogP contribution < -0.4 is 10.6 Å². The average Bonchev–Trinajstić information content (AvgIpc) is 1.57. The third-order valence-electron chi connectivity index (χ3n) is 31.3. The first-order valence-electron chi connectivity index (χ1n) is 49.0. The maximum absolute atomic E-state index is 14.6. The van der Waals surface area contributed by atoms with E-state index in [-0.39, 0.29) is 110 Å². The summed E-state index contributed by atoms with van der Waals surface area (Å²) in [4.78, 5) is 29.3. The molecule has 8 fully saturated rings. The molecule has 0 amide bonds. The van der Waals surface area contributed by atoms with Crippen molar-refractivity contribution in [2.45, 2.75) is 395 Å². The Morgan fingerprint density at radius 2 is 0.833 bits per heavy atom. The van der Waals surface area contributed by atoms with Crippen LogP contribution in [0.15, 0.2) is 143 Å². The van der Waals surface area contributed by atoms with Crippen molar-refractivity contribution < 1.29 is 125 Å². The first kappa shape index (κ1) is 101. The predicted octanol–water partition coefficient (Wildman–Crippen LogP) is 12.7. The zero-order chi connectivity index (χ0) is 94.2. The van der Waals surface area contributed by atoms with Crippen LogP contribution in [0, 0.1) is 47.3 Å². The van der Waals surface area contributed by atoms with Crippen LogP contribution in [0.2, 0.25) is 0 Å². The number of aliphatic hydroxyl groups is 4. The van der Waals surface area contributed by atoms with Gasteiger partial charge in [0.25, 0.3) is 0 Å². The molecule has 15 rings (SSSR count). The van der Waals surface area contributed by atoms with E-state index in [0.29, 0.717) is 86.7 Å². The van der Waals surface area contributed by atoms with Crippen LogP contribution in [-0.4, -0.2) is 268 Å². The van der Waals surface area contributed by atoms with Crippen LogP contribution in [-0.2, 0) is 117 Å². The van der Waals surface area contributed by atoms with Crippen LogP contribution in [0.4, 0.5) is 0 Å². The number of rotatable bonds is 22. The number of allylic oxidation sites excluding steroid dienone is 4. The molecule has 0 saturated carbocycles. The van der Waals surface area contributed by atoms with Gasteiger partial charge in [-0.25, -0.2) is 0 Å². The van der Waals surface area contributed by atoms with Gasteiger partial charge in [0, 0.05) is 117 Å². The van der Waals surface area contributed by atoms with E-state index in [0.717, 1.165) is 35.1 Å². The van der Waals surface area contributed by atoms with Gasteiger partial charge in [0.05, 0.1) is 111 Å². The molecule has 4 bridgehead atoms. The Morgan fingerprint density at radius 1 is 0.462 bits per heavy atom. The molecule has 28 nitrogen and oxygen atoms in total. The molecule has 132 heavy (non-hydrogen) atoms. The average molecular weight is 1850 g/mol. The van der Waals surface area contributed by atoms with Crippen LogP contribution in [0.3, 0.4) is 0 Å². The highest BCUT2D eigenvalue weighted by Gasteiger charge is 2.63. The molecule has 12 aliphatic heterocycles. The van der Waals surface area contributed by atoms with Crippen molar-refractivity contribution in [3.8, 4) is 0 Å². The first-order chi connectivity index (χ1) is 63.1. The number of benzene rings is 1. The van der Waals surface area contributed by atoms with E-state index < -0.39 is 169 Å². The Labute approximate surface area is 781 Å². The van der Waals surface area contributed by atoms with Gasteiger partial charge in [0.2, 0.25) is 0 Å². The van der Waals surface area contributed by atoms with E-state index in [4.69, 9.17) is 94.7 Å². The topological polar surface area (TPSA) is 324 Å². The number of ether oxygens (including phenoxy) is 20. The smallest absolute Gasteiger partial charge is 0.316 e. The lowest BCUT2D eigenvalue weighted by Gasteiger charge is -2.48. The molecule has 2 spiro atoms. The Kier molecular flexibility index (Phi) is 33.0. The molecule has 12 heterocycles. The second-order valence-electron chi connectivity index (χ2n) is 40.5. The molecule has 40 atom stereocenters.